The molecule has 3 fully saturated rings. The summed E-state index contributed by atoms with van der Waals surface area (Å²) in [6.45, 7) is 3.65. The molecule has 3 aliphatic rings. The first-order chi connectivity index (χ1) is 22.5. The third-order valence-electron chi connectivity index (χ3n) is 9.24. The van der Waals surface area contributed by atoms with Crippen LogP contribution in [-0.2, 0) is 18.3 Å². The molecule has 2 amide bonds. The molecular weight excluding hydrogens is 582 g/mol. The van der Waals surface area contributed by atoms with Gasteiger partial charge in [-0.15, -0.1) is 10.2 Å². The van der Waals surface area contributed by atoms with Crippen LogP contribution in [0.4, 0.5) is 22.4 Å². The summed E-state index contributed by atoms with van der Waals surface area (Å²) in [7, 11) is 1.86. The van der Waals surface area contributed by atoms with E-state index in [0.717, 1.165) is 69.5 Å². The molecule has 4 aromatic rings. The SMILES string of the molecule is Cn1cc(-c2ccc(N(C(=O)NCc3ccccc3)C3CCC(Nc4ncc(C#N)c(N5CCC6(COC6)C5)n4)CC3)nn2)cn1. The molecule has 5 heterocycles. The van der Waals surface area contributed by atoms with Gasteiger partial charge in [-0.25, -0.2) is 9.78 Å². The molecule has 2 N–H and O–H groups in total. The Bertz CT molecular complexity index is 1710. The largest absolute Gasteiger partial charge is 0.380 e. The van der Waals surface area contributed by atoms with Crippen LogP contribution < -0.4 is 20.4 Å². The van der Waals surface area contributed by atoms with E-state index in [1.165, 1.54) is 0 Å². The molecule has 7 rings (SSSR count). The van der Waals surface area contributed by atoms with Gasteiger partial charge in [-0.05, 0) is 49.8 Å². The minimum Gasteiger partial charge on any atom is -0.380 e. The van der Waals surface area contributed by atoms with Crippen LogP contribution in [0.5, 0.6) is 0 Å². The average Bonchev–Trinajstić information content (AvgIpc) is 3.73. The highest BCUT2D eigenvalue weighted by atomic mass is 16.5. The van der Waals surface area contributed by atoms with Crippen LogP contribution in [-0.4, -0.2) is 74.4 Å². The average molecular weight is 620 g/mol. The number of benzene rings is 1. The summed E-state index contributed by atoms with van der Waals surface area (Å²) in [5.41, 5.74) is 3.25. The zero-order chi connectivity index (χ0) is 31.5. The van der Waals surface area contributed by atoms with Crippen molar-refractivity contribution in [3.8, 4) is 17.3 Å². The fraction of sp³-hybridized carbons (Fsp3) is 0.424. The second-order valence-corrected chi connectivity index (χ2v) is 12.6. The van der Waals surface area contributed by atoms with Crippen molar-refractivity contribution >= 4 is 23.6 Å². The maximum Gasteiger partial charge on any atom is 0.323 e. The summed E-state index contributed by atoms with van der Waals surface area (Å²) < 4.78 is 7.19. The van der Waals surface area contributed by atoms with Gasteiger partial charge in [0.25, 0.3) is 0 Å². The molecule has 46 heavy (non-hydrogen) atoms. The van der Waals surface area contributed by atoms with E-state index in [1.807, 2.05) is 55.7 Å². The number of urea groups is 1. The molecule has 0 bridgehead atoms. The molecule has 1 saturated carbocycles. The van der Waals surface area contributed by atoms with E-state index in [0.29, 0.717) is 35.4 Å². The predicted octanol–water partition coefficient (Wildman–Crippen LogP) is 3.90. The number of anilines is 3. The van der Waals surface area contributed by atoms with E-state index in [2.05, 4.69) is 41.9 Å². The number of rotatable bonds is 8. The van der Waals surface area contributed by atoms with E-state index >= 15 is 0 Å². The Morgan fingerprint density at radius 2 is 1.93 bits per heavy atom. The quantitative estimate of drug-likeness (QED) is 0.297. The summed E-state index contributed by atoms with van der Waals surface area (Å²) in [6, 6.07) is 15.7. The number of amides is 2. The zero-order valence-electron chi connectivity index (χ0n) is 25.8. The number of nitrogens with zero attached hydrogens (tertiary/aromatic N) is 9. The number of nitrogens with one attached hydrogen (secondary N) is 2. The van der Waals surface area contributed by atoms with E-state index in [-0.39, 0.29) is 23.5 Å². The summed E-state index contributed by atoms with van der Waals surface area (Å²) >= 11 is 0. The molecule has 1 aromatic carbocycles. The molecule has 2 saturated heterocycles. The molecule has 1 spiro atoms. The van der Waals surface area contributed by atoms with Crippen molar-refractivity contribution < 1.29 is 9.53 Å². The van der Waals surface area contributed by atoms with Crippen LogP contribution in [0.1, 0.15) is 43.2 Å². The van der Waals surface area contributed by atoms with Crippen molar-refractivity contribution in [1.29, 1.82) is 5.26 Å². The van der Waals surface area contributed by atoms with Crippen LogP contribution >= 0.6 is 0 Å². The van der Waals surface area contributed by atoms with E-state index in [1.54, 1.807) is 22.0 Å². The highest BCUT2D eigenvalue weighted by Crippen LogP contribution is 2.40. The third-order valence-corrected chi connectivity index (χ3v) is 9.24. The highest BCUT2D eigenvalue weighted by Gasteiger charge is 2.45. The van der Waals surface area contributed by atoms with E-state index in [4.69, 9.17) is 9.72 Å². The Hall–Kier alpha value is -5.09. The molecule has 236 valence electrons. The number of ether oxygens (including phenoxy) is 1. The first-order valence-electron chi connectivity index (χ1n) is 15.8. The van der Waals surface area contributed by atoms with Gasteiger partial charge in [0.15, 0.2) is 11.6 Å². The number of aryl methyl sites for hydroxylation is 1. The number of carbonyl (C=O) groups is 1. The van der Waals surface area contributed by atoms with Crippen LogP contribution in [0, 0.1) is 16.7 Å². The van der Waals surface area contributed by atoms with Gasteiger partial charge in [-0.1, -0.05) is 30.3 Å². The van der Waals surface area contributed by atoms with Crippen molar-refractivity contribution in [2.45, 2.75) is 50.7 Å². The Morgan fingerprint density at radius 1 is 1.11 bits per heavy atom. The first-order valence-corrected chi connectivity index (χ1v) is 15.8. The van der Waals surface area contributed by atoms with Gasteiger partial charge in [0, 0.05) is 55.9 Å². The molecule has 3 aromatic heterocycles. The van der Waals surface area contributed by atoms with E-state index in [9.17, 15) is 10.1 Å². The molecule has 2 aliphatic heterocycles. The van der Waals surface area contributed by atoms with Gasteiger partial charge in [-0.2, -0.15) is 15.3 Å². The summed E-state index contributed by atoms with van der Waals surface area (Å²) in [5.74, 6) is 1.72. The van der Waals surface area contributed by atoms with Gasteiger partial charge in [0.2, 0.25) is 5.95 Å². The molecular formula is C33H37N11O2. The lowest BCUT2D eigenvalue weighted by Gasteiger charge is -2.37. The fourth-order valence-corrected chi connectivity index (χ4v) is 6.64. The lowest BCUT2D eigenvalue weighted by molar-refractivity contribution is -0.0985. The Kier molecular flexibility index (Phi) is 8.19. The summed E-state index contributed by atoms with van der Waals surface area (Å²) in [4.78, 5) is 26.9. The number of aromatic nitrogens is 6. The number of hydrogen-bond acceptors (Lipinski definition) is 10. The smallest absolute Gasteiger partial charge is 0.323 e. The van der Waals surface area contributed by atoms with Crippen molar-refractivity contribution in [2.24, 2.45) is 12.5 Å². The number of hydrogen-bond donors (Lipinski definition) is 2. The van der Waals surface area contributed by atoms with Crippen molar-refractivity contribution in [3.63, 3.8) is 0 Å². The van der Waals surface area contributed by atoms with Crippen molar-refractivity contribution in [1.82, 2.24) is 35.3 Å². The van der Waals surface area contributed by atoms with Gasteiger partial charge in [0.05, 0.1) is 31.3 Å². The minimum atomic E-state index is -0.205. The van der Waals surface area contributed by atoms with Gasteiger partial charge < -0.3 is 20.3 Å². The van der Waals surface area contributed by atoms with Crippen LogP contribution in [0.3, 0.4) is 0 Å². The zero-order valence-corrected chi connectivity index (χ0v) is 25.8. The molecule has 0 atom stereocenters. The lowest BCUT2D eigenvalue weighted by atomic mass is 9.85. The topological polar surface area (TPSA) is 150 Å². The second-order valence-electron chi connectivity index (χ2n) is 12.6. The van der Waals surface area contributed by atoms with E-state index < -0.39 is 0 Å². The second kappa shape index (κ2) is 12.7. The van der Waals surface area contributed by atoms with Gasteiger partial charge >= 0.3 is 6.03 Å². The highest BCUT2D eigenvalue weighted by molar-refractivity contribution is 5.91. The Morgan fingerprint density at radius 3 is 2.59 bits per heavy atom. The summed E-state index contributed by atoms with van der Waals surface area (Å²) in [6.07, 6.45) is 9.45. The molecule has 13 heteroatoms. The minimum absolute atomic E-state index is 0.0599. The fourth-order valence-electron chi connectivity index (χ4n) is 6.64. The number of carbonyl (C=O) groups excluding carboxylic acids is 1. The van der Waals surface area contributed by atoms with Crippen LogP contribution in [0.15, 0.2) is 61.1 Å². The molecule has 13 nitrogen and oxygen atoms in total. The monoisotopic (exact) mass is 619 g/mol. The van der Waals surface area contributed by atoms with Crippen LogP contribution in [0.25, 0.3) is 11.3 Å². The first kappa shape index (κ1) is 29.6. The predicted molar refractivity (Wildman–Crippen MR) is 172 cm³/mol. The third kappa shape index (κ3) is 6.21. The maximum absolute atomic E-state index is 13.7. The van der Waals surface area contributed by atoms with Crippen molar-refractivity contribution in [3.05, 3.63) is 72.2 Å². The standard InChI is InChI=1S/C33H37N11O2/c1-42-19-25(18-37-42)28-11-12-29(41-40-28)44(32(45)36-16-23-5-3-2-4-6-23)27-9-7-26(8-10-27)38-31-35-17-24(15-34)30(39-31)43-14-13-33(20-43)21-46-22-33/h2-6,11-12,17-19,26-27H,7-10,13-14,16,20-22H2,1H3,(H,36,45)(H,35,38,39). The summed E-state index contributed by atoms with van der Waals surface area (Å²) in [5, 5.41) is 29.5. The number of nitriles is 1. The molecule has 1 aliphatic carbocycles. The Labute approximate surface area is 267 Å². The maximum atomic E-state index is 13.7. The van der Waals surface area contributed by atoms with Gasteiger partial charge in [-0.3, -0.25) is 9.58 Å². The van der Waals surface area contributed by atoms with Gasteiger partial charge in [0.1, 0.15) is 11.6 Å². The van der Waals surface area contributed by atoms with Crippen LogP contribution in [0.2, 0.25) is 0 Å². The van der Waals surface area contributed by atoms with Crippen molar-refractivity contribution in [2.75, 3.05) is 41.4 Å². The molecule has 0 radical (unpaired) electrons. The Balaban J connectivity index is 1.04. The normalized spacial score (nSPS) is 20.1. The lowest BCUT2D eigenvalue weighted by Crippen LogP contribution is -2.49. The molecule has 0 unspecified atom stereocenters.